The lowest BCUT2D eigenvalue weighted by atomic mass is 10.1. The maximum absolute atomic E-state index is 12.4. The van der Waals surface area contributed by atoms with E-state index in [1.165, 1.54) is 24.2 Å². The number of carbonyl (C=O) groups is 2. The number of benzene rings is 2. The van der Waals surface area contributed by atoms with Gasteiger partial charge in [-0.2, -0.15) is 0 Å². The zero-order chi connectivity index (χ0) is 18.2. The van der Waals surface area contributed by atoms with Crippen molar-refractivity contribution in [2.75, 3.05) is 12.8 Å². The number of esters is 1. The number of thioether (sulfide) groups is 1. The molecule has 2 aromatic carbocycles. The van der Waals surface area contributed by atoms with Gasteiger partial charge in [0.05, 0.1) is 11.4 Å². The summed E-state index contributed by atoms with van der Waals surface area (Å²) in [6, 6.07) is 15.5. The van der Waals surface area contributed by atoms with Crippen LogP contribution in [0.4, 0.5) is 0 Å². The normalized spacial score (nSPS) is 11.8. The summed E-state index contributed by atoms with van der Waals surface area (Å²) in [7, 11) is 0. The summed E-state index contributed by atoms with van der Waals surface area (Å²) in [5.41, 5.74) is 1.85. The fourth-order valence-corrected chi connectivity index (χ4v) is 3.04. The average Bonchev–Trinajstić information content (AvgIpc) is 2.60. The van der Waals surface area contributed by atoms with Crippen LogP contribution in [0.3, 0.4) is 0 Å². The third-order valence-corrected chi connectivity index (χ3v) is 4.49. The Bertz CT molecular complexity index is 731. The van der Waals surface area contributed by atoms with Crippen molar-refractivity contribution in [3.63, 3.8) is 0 Å². The first-order chi connectivity index (χ1) is 12.0. The number of carbonyl (C=O) groups excluding carboxylic acids is 2. The van der Waals surface area contributed by atoms with Gasteiger partial charge in [-0.1, -0.05) is 30.3 Å². The van der Waals surface area contributed by atoms with Crippen molar-refractivity contribution < 1.29 is 14.3 Å². The summed E-state index contributed by atoms with van der Waals surface area (Å²) < 4.78 is 5.15. The SMILES string of the molecule is CSc1cc(C(=O)CNC(C)Cc2ccccc2)ccc1OC(C)=O. The Hall–Kier alpha value is -2.11. The molecule has 2 aromatic rings. The molecule has 1 N–H and O–H groups in total. The molecule has 0 aromatic heterocycles. The van der Waals surface area contributed by atoms with Crippen LogP contribution in [0.25, 0.3) is 0 Å². The second-order valence-electron chi connectivity index (χ2n) is 5.85. The largest absolute Gasteiger partial charge is 0.426 e. The zero-order valence-electron chi connectivity index (χ0n) is 14.7. The van der Waals surface area contributed by atoms with E-state index >= 15 is 0 Å². The molecule has 0 fully saturated rings. The Balaban J connectivity index is 1.95. The predicted octanol–water partition coefficient (Wildman–Crippen LogP) is 3.74. The number of Topliss-reactive ketones (excluding diaryl/α,β-unsaturated/α-hetero) is 1. The van der Waals surface area contributed by atoms with Gasteiger partial charge in [0.1, 0.15) is 5.75 Å². The van der Waals surface area contributed by atoms with Crippen molar-refractivity contribution in [2.45, 2.75) is 31.2 Å². The average molecular weight is 357 g/mol. The van der Waals surface area contributed by atoms with E-state index in [9.17, 15) is 9.59 Å². The molecule has 0 spiro atoms. The first kappa shape index (κ1) is 19.2. The Labute approximate surface area is 153 Å². The van der Waals surface area contributed by atoms with Gasteiger partial charge in [-0.15, -0.1) is 11.8 Å². The van der Waals surface area contributed by atoms with E-state index in [0.29, 0.717) is 11.3 Å². The Kier molecular flexibility index (Phi) is 7.22. The van der Waals surface area contributed by atoms with Gasteiger partial charge >= 0.3 is 5.97 Å². The van der Waals surface area contributed by atoms with Gasteiger partial charge in [0.2, 0.25) is 0 Å². The summed E-state index contributed by atoms with van der Waals surface area (Å²) in [5, 5.41) is 3.27. The molecule has 0 saturated heterocycles. The fourth-order valence-electron chi connectivity index (χ4n) is 2.49. The molecular weight excluding hydrogens is 334 g/mol. The molecule has 0 aliphatic carbocycles. The second-order valence-corrected chi connectivity index (χ2v) is 6.70. The van der Waals surface area contributed by atoms with E-state index in [1.54, 1.807) is 18.2 Å². The number of rotatable bonds is 8. The van der Waals surface area contributed by atoms with E-state index in [-0.39, 0.29) is 24.3 Å². The third kappa shape index (κ3) is 6.03. The van der Waals surface area contributed by atoms with E-state index in [1.807, 2.05) is 24.5 Å². The molecule has 0 radical (unpaired) electrons. The van der Waals surface area contributed by atoms with Crippen LogP contribution < -0.4 is 10.1 Å². The Morgan fingerprint density at radius 2 is 1.88 bits per heavy atom. The molecule has 5 heteroatoms. The first-order valence-electron chi connectivity index (χ1n) is 8.16. The van der Waals surface area contributed by atoms with Gasteiger partial charge in [0.15, 0.2) is 5.78 Å². The van der Waals surface area contributed by atoms with Gasteiger partial charge in [-0.25, -0.2) is 0 Å². The van der Waals surface area contributed by atoms with Gasteiger partial charge in [0.25, 0.3) is 0 Å². The van der Waals surface area contributed by atoms with Crippen molar-refractivity contribution in [1.82, 2.24) is 5.32 Å². The first-order valence-corrected chi connectivity index (χ1v) is 9.39. The van der Waals surface area contributed by atoms with E-state index in [2.05, 4.69) is 24.4 Å². The highest BCUT2D eigenvalue weighted by atomic mass is 32.2. The minimum Gasteiger partial charge on any atom is -0.426 e. The summed E-state index contributed by atoms with van der Waals surface area (Å²) in [6.07, 6.45) is 2.76. The molecule has 0 aliphatic rings. The molecule has 132 valence electrons. The molecular formula is C20H23NO3S. The van der Waals surface area contributed by atoms with Crippen molar-refractivity contribution in [3.8, 4) is 5.75 Å². The number of nitrogens with one attached hydrogen (secondary N) is 1. The van der Waals surface area contributed by atoms with Crippen LogP contribution in [0, 0.1) is 0 Å². The van der Waals surface area contributed by atoms with Gasteiger partial charge < -0.3 is 10.1 Å². The summed E-state index contributed by atoms with van der Waals surface area (Å²) in [6.45, 7) is 3.70. The quantitative estimate of drug-likeness (QED) is 0.338. The lowest BCUT2D eigenvalue weighted by molar-refractivity contribution is -0.132. The van der Waals surface area contributed by atoms with Crippen molar-refractivity contribution in [2.24, 2.45) is 0 Å². The van der Waals surface area contributed by atoms with Crippen LogP contribution in [0.1, 0.15) is 29.8 Å². The number of ketones is 1. The van der Waals surface area contributed by atoms with Gasteiger partial charge in [0, 0.05) is 18.5 Å². The molecule has 0 heterocycles. The monoisotopic (exact) mass is 357 g/mol. The summed E-state index contributed by atoms with van der Waals surface area (Å²) >= 11 is 1.45. The molecule has 0 bridgehead atoms. The van der Waals surface area contributed by atoms with Crippen LogP contribution in [-0.4, -0.2) is 30.6 Å². The molecule has 0 saturated carbocycles. The maximum atomic E-state index is 12.4. The fraction of sp³-hybridized carbons (Fsp3) is 0.300. The Morgan fingerprint density at radius 1 is 1.16 bits per heavy atom. The van der Waals surface area contributed by atoms with Crippen LogP contribution in [0.2, 0.25) is 0 Å². The predicted molar refractivity (Wildman–Crippen MR) is 101 cm³/mol. The van der Waals surface area contributed by atoms with E-state index < -0.39 is 0 Å². The number of ether oxygens (including phenoxy) is 1. The smallest absolute Gasteiger partial charge is 0.308 e. The third-order valence-electron chi connectivity index (χ3n) is 3.74. The standard InChI is InChI=1S/C20H23NO3S/c1-14(11-16-7-5-4-6-8-16)21-13-18(23)17-9-10-19(24-15(2)22)20(12-17)25-3/h4-10,12,14,21H,11,13H2,1-3H3. The van der Waals surface area contributed by atoms with Crippen molar-refractivity contribution in [3.05, 3.63) is 59.7 Å². The van der Waals surface area contributed by atoms with Crippen LogP contribution in [-0.2, 0) is 11.2 Å². The lowest BCUT2D eigenvalue weighted by Gasteiger charge is -2.14. The highest BCUT2D eigenvalue weighted by Gasteiger charge is 2.13. The molecule has 25 heavy (non-hydrogen) atoms. The molecule has 4 nitrogen and oxygen atoms in total. The van der Waals surface area contributed by atoms with Crippen molar-refractivity contribution >= 4 is 23.5 Å². The van der Waals surface area contributed by atoms with E-state index in [0.717, 1.165) is 11.3 Å². The minimum absolute atomic E-state index is 0.0181. The number of hydrogen-bond donors (Lipinski definition) is 1. The zero-order valence-corrected chi connectivity index (χ0v) is 15.6. The van der Waals surface area contributed by atoms with Crippen LogP contribution in [0.5, 0.6) is 5.75 Å². The highest BCUT2D eigenvalue weighted by Crippen LogP contribution is 2.29. The van der Waals surface area contributed by atoms with Crippen LogP contribution >= 0.6 is 11.8 Å². The summed E-state index contributed by atoms with van der Waals surface area (Å²) in [4.78, 5) is 24.3. The molecule has 0 aliphatic heterocycles. The lowest BCUT2D eigenvalue weighted by Crippen LogP contribution is -2.33. The maximum Gasteiger partial charge on any atom is 0.308 e. The van der Waals surface area contributed by atoms with Crippen LogP contribution in [0.15, 0.2) is 53.4 Å². The van der Waals surface area contributed by atoms with E-state index in [4.69, 9.17) is 4.74 Å². The second kappa shape index (κ2) is 9.39. The number of hydrogen-bond acceptors (Lipinski definition) is 5. The van der Waals surface area contributed by atoms with Gasteiger partial charge in [-0.3, -0.25) is 9.59 Å². The molecule has 1 atom stereocenters. The molecule has 2 rings (SSSR count). The summed E-state index contributed by atoms with van der Waals surface area (Å²) in [5.74, 6) is 0.136. The Morgan fingerprint density at radius 3 is 2.52 bits per heavy atom. The van der Waals surface area contributed by atoms with Crippen molar-refractivity contribution in [1.29, 1.82) is 0 Å². The minimum atomic E-state index is -0.370. The molecule has 0 amide bonds. The highest BCUT2D eigenvalue weighted by molar-refractivity contribution is 7.98. The van der Waals surface area contributed by atoms with Gasteiger partial charge in [-0.05, 0) is 43.4 Å². The molecule has 1 unspecified atom stereocenters. The topological polar surface area (TPSA) is 55.4 Å².